The zero-order valence-electron chi connectivity index (χ0n) is 12.2. The van der Waals surface area contributed by atoms with E-state index in [9.17, 15) is 0 Å². The van der Waals surface area contributed by atoms with Crippen LogP contribution in [0.2, 0.25) is 0 Å². The van der Waals surface area contributed by atoms with Gasteiger partial charge in [0.05, 0.1) is 6.10 Å². The molecular formula is C17H25NO. The Bertz CT molecular complexity index is 433. The zero-order valence-corrected chi connectivity index (χ0v) is 12.2. The third-order valence-corrected chi connectivity index (χ3v) is 5.21. The number of ether oxygens (including phenoxy) is 1. The standard InChI is InChI=1S/C17H25NO/c1-14-4-3-5-15(12-14)13-18-10-8-17(9-11-18)7-6-16(17)19-2/h3-5,12,16H,6-11,13H2,1-2H3. The summed E-state index contributed by atoms with van der Waals surface area (Å²) in [5.41, 5.74) is 3.34. The van der Waals surface area contributed by atoms with Gasteiger partial charge in [0.2, 0.25) is 0 Å². The molecule has 0 radical (unpaired) electrons. The zero-order chi connectivity index (χ0) is 13.3. The Morgan fingerprint density at radius 3 is 2.63 bits per heavy atom. The maximum atomic E-state index is 5.63. The number of methoxy groups -OCH3 is 1. The molecule has 1 heterocycles. The molecule has 1 unspecified atom stereocenters. The van der Waals surface area contributed by atoms with Crippen LogP contribution in [0.15, 0.2) is 24.3 Å². The monoisotopic (exact) mass is 259 g/mol. The average Bonchev–Trinajstić information content (AvgIpc) is 2.39. The van der Waals surface area contributed by atoms with Crippen molar-refractivity contribution in [3.63, 3.8) is 0 Å². The summed E-state index contributed by atoms with van der Waals surface area (Å²) in [6.07, 6.45) is 5.82. The van der Waals surface area contributed by atoms with E-state index in [1.807, 2.05) is 7.11 Å². The summed E-state index contributed by atoms with van der Waals surface area (Å²) in [5.74, 6) is 0. The number of nitrogens with zero attached hydrogens (tertiary/aromatic N) is 1. The van der Waals surface area contributed by atoms with Gasteiger partial charge in [-0.25, -0.2) is 0 Å². The molecule has 2 heteroatoms. The summed E-state index contributed by atoms with van der Waals surface area (Å²) in [6, 6.07) is 8.90. The minimum absolute atomic E-state index is 0.526. The van der Waals surface area contributed by atoms with E-state index in [1.54, 1.807) is 0 Å². The molecule has 1 aromatic carbocycles. The third-order valence-electron chi connectivity index (χ3n) is 5.21. The van der Waals surface area contributed by atoms with Crippen LogP contribution in [0.5, 0.6) is 0 Å². The van der Waals surface area contributed by atoms with Gasteiger partial charge in [-0.2, -0.15) is 0 Å². The van der Waals surface area contributed by atoms with Crippen molar-refractivity contribution in [1.82, 2.24) is 4.90 Å². The second-order valence-corrected chi connectivity index (χ2v) is 6.39. The van der Waals surface area contributed by atoms with E-state index in [4.69, 9.17) is 4.74 Å². The highest BCUT2D eigenvalue weighted by Crippen LogP contribution is 2.50. The van der Waals surface area contributed by atoms with Gasteiger partial charge >= 0.3 is 0 Å². The first-order chi connectivity index (χ1) is 9.22. The molecule has 1 saturated carbocycles. The molecule has 1 aliphatic carbocycles. The molecule has 2 aliphatic rings. The molecule has 104 valence electrons. The molecule has 1 spiro atoms. The molecule has 0 N–H and O–H groups in total. The largest absolute Gasteiger partial charge is 0.381 e. The van der Waals surface area contributed by atoms with E-state index in [1.165, 1.54) is 49.9 Å². The molecule has 2 nitrogen and oxygen atoms in total. The maximum absolute atomic E-state index is 5.63. The van der Waals surface area contributed by atoms with Crippen LogP contribution in [0.4, 0.5) is 0 Å². The van der Waals surface area contributed by atoms with Gasteiger partial charge in [0.25, 0.3) is 0 Å². The van der Waals surface area contributed by atoms with E-state index in [-0.39, 0.29) is 0 Å². The molecule has 3 rings (SSSR count). The number of hydrogen-bond acceptors (Lipinski definition) is 2. The van der Waals surface area contributed by atoms with Crippen molar-refractivity contribution in [1.29, 1.82) is 0 Å². The third kappa shape index (κ3) is 2.56. The highest BCUT2D eigenvalue weighted by atomic mass is 16.5. The first-order valence-corrected chi connectivity index (χ1v) is 7.53. The van der Waals surface area contributed by atoms with Crippen LogP contribution in [0, 0.1) is 12.3 Å². The quantitative estimate of drug-likeness (QED) is 0.825. The molecule has 0 bridgehead atoms. The fourth-order valence-corrected chi connectivity index (χ4v) is 3.84. The molecule has 1 aliphatic heterocycles. The predicted octanol–water partition coefficient (Wildman–Crippen LogP) is 3.39. The van der Waals surface area contributed by atoms with Crippen molar-refractivity contribution in [3.05, 3.63) is 35.4 Å². The first-order valence-electron chi connectivity index (χ1n) is 7.53. The van der Waals surface area contributed by atoms with Crippen molar-refractivity contribution in [2.75, 3.05) is 20.2 Å². The van der Waals surface area contributed by atoms with Crippen molar-refractivity contribution < 1.29 is 4.74 Å². The second kappa shape index (κ2) is 5.26. The highest BCUT2D eigenvalue weighted by Gasteiger charge is 2.48. The summed E-state index contributed by atoms with van der Waals surface area (Å²) >= 11 is 0. The van der Waals surface area contributed by atoms with Crippen LogP contribution in [0.1, 0.15) is 36.8 Å². The Labute approximate surface area is 116 Å². The lowest BCUT2D eigenvalue weighted by atomic mass is 9.61. The lowest BCUT2D eigenvalue weighted by Gasteiger charge is -2.53. The van der Waals surface area contributed by atoms with Crippen molar-refractivity contribution >= 4 is 0 Å². The Kier molecular flexibility index (Phi) is 3.64. The summed E-state index contributed by atoms with van der Waals surface area (Å²) in [6.45, 7) is 5.74. The van der Waals surface area contributed by atoms with E-state index in [0.29, 0.717) is 11.5 Å². The van der Waals surface area contributed by atoms with Crippen LogP contribution in [-0.4, -0.2) is 31.2 Å². The number of benzene rings is 1. The van der Waals surface area contributed by atoms with Crippen LogP contribution in [0.3, 0.4) is 0 Å². The van der Waals surface area contributed by atoms with Crippen molar-refractivity contribution in [3.8, 4) is 0 Å². The van der Waals surface area contributed by atoms with E-state index in [2.05, 4.69) is 36.1 Å². The molecule has 1 saturated heterocycles. The van der Waals surface area contributed by atoms with Gasteiger partial charge < -0.3 is 4.74 Å². The van der Waals surface area contributed by atoms with E-state index < -0.39 is 0 Å². The SMILES string of the molecule is COC1CCC12CCN(Cc1cccc(C)c1)CC2. The van der Waals surface area contributed by atoms with Gasteiger partial charge in [-0.05, 0) is 56.7 Å². The van der Waals surface area contributed by atoms with Crippen molar-refractivity contribution in [2.45, 2.75) is 45.3 Å². The average molecular weight is 259 g/mol. The van der Waals surface area contributed by atoms with Crippen molar-refractivity contribution in [2.24, 2.45) is 5.41 Å². The smallest absolute Gasteiger partial charge is 0.0628 e. The minimum atomic E-state index is 0.526. The lowest BCUT2D eigenvalue weighted by molar-refractivity contribution is -0.120. The maximum Gasteiger partial charge on any atom is 0.0628 e. The topological polar surface area (TPSA) is 12.5 Å². The molecule has 19 heavy (non-hydrogen) atoms. The Morgan fingerprint density at radius 1 is 1.26 bits per heavy atom. The number of hydrogen-bond donors (Lipinski definition) is 0. The molecule has 0 amide bonds. The number of piperidine rings is 1. The Balaban J connectivity index is 1.56. The van der Waals surface area contributed by atoms with Gasteiger partial charge in [0, 0.05) is 13.7 Å². The normalized spacial score (nSPS) is 26.3. The summed E-state index contributed by atoms with van der Waals surface area (Å²) < 4.78 is 5.63. The van der Waals surface area contributed by atoms with Crippen LogP contribution in [-0.2, 0) is 11.3 Å². The Morgan fingerprint density at radius 2 is 2.05 bits per heavy atom. The fraction of sp³-hybridized carbons (Fsp3) is 0.647. The summed E-state index contributed by atoms with van der Waals surface area (Å²) in [4.78, 5) is 2.60. The second-order valence-electron chi connectivity index (χ2n) is 6.39. The number of aryl methyl sites for hydroxylation is 1. The molecular weight excluding hydrogens is 234 g/mol. The van der Waals surface area contributed by atoms with Gasteiger partial charge in [-0.15, -0.1) is 0 Å². The van der Waals surface area contributed by atoms with Gasteiger partial charge in [-0.1, -0.05) is 29.8 Å². The summed E-state index contributed by atoms with van der Waals surface area (Å²) in [5, 5.41) is 0. The fourth-order valence-electron chi connectivity index (χ4n) is 3.84. The van der Waals surface area contributed by atoms with Gasteiger partial charge in [-0.3, -0.25) is 4.90 Å². The molecule has 2 fully saturated rings. The first kappa shape index (κ1) is 13.1. The van der Waals surface area contributed by atoms with Crippen LogP contribution < -0.4 is 0 Å². The minimum Gasteiger partial charge on any atom is -0.381 e. The van der Waals surface area contributed by atoms with Gasteiger partial charge in [0.15, 0.2) is 0 Å². The van der Waals surface area contributed by atoms with Crippen LogP contribution in [0.25, 0.3) is 0 Å². The molecule has 1 atom stereocenters. The van der Waals surface area contributed by atoms with Crippen LogP contribution >= 0.6 is 0 Å². The summed E-state index contributed by atoms with van der Waals surface area (Å²) in [7, 11) is 1.88. The molecule has 1 aromatic rings. The van der Waals surface area contributed by atoms with E-state index >= 15 is 0 Å². The lowest BCUT2D eigenvalue weighted by Crippen LogP contribution is -2.52. The highest BCUT2D eigenvalue weighted by molar-refractivity contribution is 5.22. The predicted molar refractivity (Wildman–Crippen MR) is 78.2 cm³/mol. The number of likely N-dealkylation sites (tertiary alicyclic amines) is 1. The van der Waals surface area contributed by atoms with Gasteiger partial charge in [0.1, 0.15) is 0 Å². The molecule has 0 aromatic heterocycles. The Hall–Kier alpha value is -0.860. The number of rotatable bonds is 3. The van der Waals surface area contributed by atoms with E-state index in [0.717, 1.165) is 6.54 Å².